The number of nitrogens with one attached hydrogen (secondary N) is 1. The van der Waals surface area contributed by atoms with Crippen LogP contribution >= 0.6 is 0 Å². The quantitative estimate of drug-likeness (QED) is 0.548. The van der Waals surface area contributed by atoms with E-state index < -0.39 is 0 Å². The maximum absolute atomic E-state index is 15.0. The van der Waals surface area contributed by atoms with Gasteiger partial charge in [0.1, 0.15) is 5.82 Å². The Kier molecular flexibility index (Phi) is 5.19. The van der Waals surface area contributed by atoms with Gasteiger partial charge < -0.3 is 25.4 Å². The van der Waals surface area contributed by atoms with Crippen molar-refractivity contribution < 1.29 is 18.7 Å². The summed E-state index contributed by atoms with van der Waals surface area (Å²) in [6.07, 6.45) is -0.814. The Bertz CT molecular complexity index is 1140. The van der Waals surface area contributed by atoms with Crippen molar-refractivity contribution in [2.75, 3.05) is 23.7 Å². The lowest BCUT2D eigenvalue weighted by atomic mass is 10.0. The number of fused-ring (bicyclic) bond motifs is 1. The normalized spacial score (nSPS) is 21.8. The fourth-order valence-electron chi connectivity index (χ4n) is 3.79. The number of epoxide rings is 1. The number of tetrazole rings is 1. The fourth-order valence-corrected chi connectivity index (χ4v) is 3.79. The molecule has 0 saturated carbocycles. The lowest BCUT2D eigenvalue weighted by molar-refractivity contribution is -0.120. The molecule has 1 amide bonds. The van der Waals surface area contributed by atoms with Crippen molar-refractivity contribution in [3.8, 4) is 11.1 Å². The minimum atomic E-state index is -0.355. The molecule has 3 N–H and O–H groups in total. The van der Waals surface area contributed by atoms with Gasteiger partial charge in [-0.1, -0.05) is 29.4 Å². The molecule has 3 heterocycles. The van der Waals surface area contributed by atoms with Crippen LogP contribution in [0.5, 0.6) is 0 Å². The number of carbonyl (C=O) groups excluding carboxylic acids is 1. The summed E-state index contributed by atoms with van der Waals surface area (Å²) >= 11 is 0. The lowest BCUT2D eigenvalue weighted by Crippen LogP contribution is -2.47. The molecule has 2 aliphatic rings. The van der Waals surface area contributed by atoms with Crippen molar-refractivity contribution in [3.05, 3.63) is 53.8 Å². The van der Waals surface area contributed by atoms with Crippen LogP contribution in [0.25, 0.3) is 11.1 Å². The van der Waals surface area contributed by atoms with Gasteiger partial charge in [-0.25, -0.2) is 9.07 Å². The standard InChI is InChI=1S/C21H22FN7O3/c1-12(30)24-9-16-11-28(19-20(31-16)32-19)15-6-7-17(18(22)8-15)14-4-2-13(3-5-14)10-29-21(23)25-26-27-29/h2-8,16,19-20H,9-11H2,1H3,(H,24,30)(H2,23,25,27)/t16-,19?,20?/m0/s1. The van der Waals surface area contributed by atoms with Crippen molar-refractivity contribution >= 4 is 17.5 Å². The van der Waals surface area contributed by atoms with Crippen LogP contribution in [0.4, 0.5) is 16.0 Å². The second kappa shape index (κ2) is 8.17. The summed E-state index contributed by atoms with van der Waals surface area (Å²) in [5.74, 6) is -0.219. The maximum Gasteiger partial charge on any atom is 0.240 e. The van der Waals surface area contributed by atoms with E-state index in [1.165, 1.54) is 17.7 Å². The number of rotatable bonds is 6. The molecule has 5 rings (SSSR count). The van der Waals surface area contributed by atoms with Gasteiger partial charge in [0.05, 0.1) is 12.6 Å². The Balaban J connectivity index is 1.30. The molecule has 2 unspecified atom stereocenters. The third-order valence-electron chi connectivity index (χ3n) is 5.48. The van der Waals surface area contributed by atoms with E-state index in [4.69, 9.17) is 15.2 Å². The molecule has 3 aromatic rings. The second-order valence-electron chi connectivity index (χ2n) is 7.80. The smallest absolute Gasteiger partial charge is 0.240 e. The number of aromatic nitrogens is 4. The van der Waals surface area contributed by atoms with Crippen LogP contribution in [0.1, 0.15) is 12.5 Å². The van der Waals surface area contributed by atoms with Gasteiger partial charge in [-0.2, -0.15) is 0 Å². The summed E-state index contributed by atoms with van der Waals surface area (Å²) in [4.78, 5) is 13.2. The predicted octanol–water partition coefficient (Wildman–Crippen LogP) is 1.13. The fraction of sp³-hybridized carbons (Fsp3) is 0.333. The number of hydrogen-bond donors (Lipinski definition) is 2. The van der Waals surface area contributed by atoms with Gasteiger partial charge in [-0.05, 0) is 39.8 Å². The topological polar surface area (TPSA) is 124 Å². The van der Waals surface area contributed by atoms with Gasteiger partial charge in [-0.15, -0.1) is 0 Å². The number of ether oxygens (including phenoxy) is 2. The Morgan fingerprint density at radius 2 is 2.06 bits per heavy atom. The van der Waals surface area contributed by atoms with Gasteiger partial charge in [0, 0.05) is 31.3 Å². The highest BCUT2D eigenvalue weighted by Crippen LogP contribution is 2.38. The van der Waals surface area contributed by atoms with Crippen LogP contribution in [0, 0.1) is 5.82 Å². The highest BCUT2D eigenvalue weighted by molar-refractivity contribution is 5.72. The molecule has 0 radical (unpaired) electrons. The first-order valence-corrected chi connectivity index (χ1v) is 10.2. The maximum atomic E-state index is 15.0. The summed E-state index contributed by atoms with van der Waals surface area (Å²) in [5, 5.41) is 13.8. The third kappa shape index (κ3) is 4.12. The molecule has 10 nitrogen and oxygen atoms in total. The van der Waals surface area contributed by atoms with E-state index in [-0.39, 0.29) is 36.3 Å². The largest absolute Gasteiger partial charge is 0.367 e. The number of nitrogens with two attached hydrogens (primary N) is 1. The highest BCUT2D eigenvalue weighted by Gasteiger charge is 2.51. The van der Waals surface area contributed by atoms with E-state index in [2.05, 4.69) is 20.8 Å². The number of morpholine rings is 1. The van der Waals surface area contributed by atoms with Crippen molar-refractivity contribution in [1.82, 2.24) is 25.5 Å². The van der Waals surface area contributed by atoms with Crippen LogP contribution in [0.15, 0.2) is 42.5 Å². The summed E-state index contributed by atoms with van der Waals surface area (Å²) < 4.78 is 27.8. The third-order valence-corrected chi connectivity index (χ3v) is 5.48. The molecule has 0 spiro atoms. The first-order chi connectivity index (χ1) is 15.5. The minimum absolute atomic E-state index is 0.123. The van der Waals surface area contributed by atoms with Crippen LogP contribution < -0.4 is 16.0 Å². The van der Waals surface area contributed by atoms with E-state index in [9.17, 15) is 4.79 Å². The van der Waals surface area contributed by atoms with Crippen molar-refractivity contribution in [3.63, 3.8) is 0 Å². The number of hydrogen-bond acceptors (Lipinski definition) is 8. The zero-order chi connectivity index (χ0) is 22.2. The molecule has 32 heavy (non-hydrogen) atoms. The molecule has 2 fully saturated rings. The first kappa shape index (κ1) is 20.3. The van der Waals surface area contributed by atoms with Crippen molar-refractivity contribution in [2.24, 2.45) is 0 Å². The summed E-state index contributed by atoms with van der Waals surface area (Å²) in [5.41, 5.74) is 8.60. The van der Waals surface area contributed by atoms with Gasteiger partial charge in [0.2, 0.25) is 18.1 Å². The lowest BCUT2D eigenvalue weighted by Gasteiger charge is -2.31. The van der Waals surface area contributed by atoms with Crippen LogP contribution in [-0.4, -0.2) is 57.8 Å². The zero-order valence-corrected chi connectivity index (χ0v) is 17.3. The Hall–Kier alpha value is -3.57. The van der Waals surface area contributed by atoms with Gasteiger partial charge >= 0.3 is 0 Å². The molecular weight excluding hydrogens is 417 g/mol. The van der Waals surface area contributed by atoms with E-state index in [0.29, 0.717) is 30.9 Å². The predicted molar refractivity (Wildman–Crippen MR) is 113 cm³/mol. The monoisotopic (exact) mass is 439 g/mol. The molecule has 0 aliphatic carbocycles. The molecule has 1 aromatic heterocycles. The molecule has 166 valence electrons. The van der Waals surface area contributed by atoms with Crippen LogP contribution in [0.2, 0.25) is 0 Å². The minimum Gasteiger partial charge on any atom is -0.367 e. The number of amides is 1. The summed E-state index contributed by atoms with van der Waals surface area (Å²) in [6.45, 7) is 2.76. The zero-order valence-electron chi connectivity index (χ0n) is 17.3. The molecule has 2 saturated heterocycles. The van der Waals surface area contributed by atoms with Gasteiger partial charge in [0.15, 0.2) is 6.23 Å². The number of benzene rings is 2. The van der Waals surface area contributed by atoms with E-state index >= 15 is 4.39 Å². The van der Waals surface area contributed by atoms with Crippen LogP contribution in [0.3, 0.4) is 0 Å². The summed E-state index contributed by atoms with van der Waals surface area (Å²) in [6, 6.07) is 12.6. The van der Waals surface area contributed by atoms with Gasteiger partial charge in [-0.3, -0.25) is 4.79 Å². The van der Waals surface area contributed by atoms with E-state index in [0.717, 1.165) is 11.1 Å². The van der Waals surface area contributed by atoms with Gasteiger partial charge in [0.25, 0.3) is 0 Å². The molecular formula is C21H22FN7O3. The molecule has 2 aromatic carbocycles. The Morgan fingerprint density at radius 3 is 2.75 bits per heavy atom. The number of nitrogen functional groups attached to an aromatic ring is 1. The van der Waals surface area contributed by atoms with Crippen molar-refractivity contribution in [2.45, 2.75) is 32.1 Å². The SMILES string of the molecule is CC(=O)NC[C@H]1CN(c2ccc(-c3ccc(Cn4nnnc4N)cc3)c(F)c2)C2OC2O1. The Labute approximate surface area is 183 Å². The molecule has 3 atom stereocenters. The average molecular weight is 439 g/mol. The van der Waals surface area contributed by atoms with E-state index in [1.807, 2.05) is 35.2 Å². The Morgan fingerprint density at radius 1 is 1.25 bits per heavy atom. The molecule has 2 aliphatic heterocycles. The number of anilines is 2. The number of carbonyl (C=O) groups is 1. The second-order valence-corrected chi connectivity index (χ2v) is 7.80. The van der Waals surface area contributed by atoms with Crippen molar-refractivity contribution in [1.29, 1.82) is 0 Å². The average Bonchev–Trinajstić information content (AvgIpc) is 3.46. The highest BCUT2D eigenvalue weighted by atomic mass is 19.1. The first-order valence-electron chi connectivity index (χ1n) is 10.2. The molecule has 11 heteroatoms. The number of halogens is 1. The van der Waals surface area contributed by atoms with Crippen LogP contribution in [-0.2, 0) is 20.8 Å². The summed E-state index contributed by atoms with van der Waals surface area (Å²) in [7, 11) is 0. The van der Waals surface area contributed by atoms with E-state index in [1.54, 1.807) is 6.07 Å². The number of nitrogens with zero attached hydrogens (tertiary/aromatic N) is 5. The molecule has 0 bridgehead atoms.